The summed E-state index contributed by atoms with van der Waals surface area (Å²) in [7, 11) is 0. The molecular weight excluding hydrogens is 128 g/mol. The summed E-state index contributed by atoms with van der Waals surface area (Å²) in [6.07, 6.45) is 3.07. The summed E-state index contributed by atoms with van der Waals surface area (Å²) in [4.78, 5) is 9.77. The van der Waals surface area contributed by atoms with E-state index in [4.69, 9.17) is 5.11 Å². The second kappa shape index (κ2) is 5.42. The molecule has 0 saturated carbocycles. The Morgan fingerprint density at radius 3 is 2.40 bits per heavy atom. The van der Waals surface area contributed by atoms with Crippen LogP contribution in [-0.4, -0.2) is 17.5 Å². The Bertz CT molecular complexity index is 89.3. The van der Waals surface area contributed by atoms with Crippen molar-refractivity contribution >= 4 is 6.29 Å². The first kappa shape index (κ1) is 9.63. The van der Waals surface area contributed by atoms with E-state index in [1.54, 1.807) is 6.29 Å². The van der Waals surface area contributed by atoms with Crippen molar-refractivity contribution in [1.82, 2.24) is 0 Å². The van der Waals surface area contributed by atoms with Crippen molar-refractivity contribution < 1.29 is 9.90 Å². The molecule has 2 heteroatoms. The van der Waals surface area contributed by atoms with Crippen LogP contribution in [0.25, 0.3) is 0 Å². The molecule has 0 spiro atoms. The molecule has 1 radical (unpaired) electrons. The van der Waals surface area contributed by atoms with Gasteiger partial charge in [0.1, 0.15) is 0 Å². The van der Waals surface area contributed by atoms with Crippen LogP contribution in [0.1, 0.15) is 33.1 Å². The Kier molecular flexibility index (Phi) is 5.22. The second-order valence-corrected chi connectivity index (χ2v) is 2.97. The van der Waals surface area contributed by atoms with E-state index in [0.717, 1.165) is 6.42 Å². The van der Waals surface area contributed by atoms with Crippen LogP contribution in [0.4, 0.5) is 0 Å². The normalized spacial score (nSPS) is 13.6. The SMILES string of the molecule is CC(C)CCC(O)C[C]=O. The molecule has 2 nitrogen and oxygen atoms in total. The molecule has 1 unspecified atom stereocenters. The maximum atomic E-state index is 9.77. The Labute approximate surface area is 62.2 Å². The zero-order valence-electron chi connectivity index (χ0n) is 6.63. The van der Waals surface area contributed by atoms with Crippen molar-refractivity contribution in [2.24, 2.45) is 5.92 Å². The van der Waals surface area contributed by atoms with E-state index in [-0.39, 0.29) is 6.42 Å². The Morgan fingerprint density at radius 1 is 1.40 bits per heavy atom. The van der Waals surface area contributed by atoms with Crippen molar-refractivity contribution in [3.8, 4) is 0 Å². The van der Waals surface area contributed by atoms with E-state index in [0.29, 0.717) is 12.3 Å². The molecule has 0 aliphatic carbocycles. The second-order valence-electron chi connectivity index (χ2n) is 2.97. The van der Waals surface area contributed by atoms with Crippen LogP contribution < -0.4 is 0 Å². The largest absolute Gasteiger partial charge is 0.393 e. The lowest BCUT2D eigenvalue weighted by Crippen LogP contribution is -2.07. The maximum absolute atomic E-state index is 9.77. The molecule has 59 valence electrons. The number of aliphatic hydroxyl groups is 1. The molecule has 10 heavy (non-hydrogen) atoms. The number of aliphatic hydroxyl groups excluding tert-OH is 1. The third kappa shape index (κ3) is 5.76. The van der Waals surface area contributed by atoms with E-state index >= 15 is 0 Å². The molecule has 0 aliphatic rings. The molecule has 0 aliphatic heterocycles. The summed E-state index contributed by atoms with van der Waals surface area (Å²) in [6, 6.07) is 0. The van der Waals surface area contributed by atoms with Gasteiger partial charge in [-0.1, -0.05) is 13.8 Å². The summed E-state index contributed by atoms with van der Waals surface area (Å²) >= 11 is 0. The van der Waals surface area contributed by atoms with Crippen molar-refractivity contribution in [2.45, 2.75) is 39.2 Å². The topological polar surface area (TPSA) is 37.3 Å². The summed E-state index contributed by atoms with van der Waals surface area (Å²) in [5.74, 6) is 0.598. The first-order chi connectivity index (χ1) is 4.66. The van der Waals surface area contributed by atoms with Gasteiger partial charge >= 0.3 is 0 Å². The first-order valence-corrected chi connectivity index (χ1v) is 3.70. The Morgan fingerprint density at radius 2 is 2.00 bits per heavy atom. The smallest absolute Gasteiger partial charge is 0.201 e. The van der Waals surface area contributed by atoms with E-state index in [1.165, 1.54) is 0 Å². The minimum absolute atomic E-state index is 0.159. The van der Waals surface area contributed by atoms with Gasteiger partial charge in [0, 0.05) is 6.42 Å². The van der Waals surface area contributed by atoms with Gasteiger partial charge in [-0.15, -0.1) is 0 Å². The first-order valence-electron chi connectivity index (χ1n) is 3.70. The maximum Gasteiger partial charge on any atom is 0.201 e. The van der Waals surface area contributed by atoms with E-state index in [1.807, 2.05) is 0 Å². The van der Waals surface area contributed by atoms with Crippen molar-refractivity contribution in [2.75, 3.05) is 0 Å². The zero-order chi connectivity index (χ0) is 7.98. The fourth-order valence-electron chi connectivity index (χ4n) is 0.724. The molecule has 0 amide bonds. The summed E-state index contributed by atoms with van der Waals surface area (Å²) in [6.45, 7) is 4.19. The van der Waals surface area contributed by atoms with Gasteiger partial charge in [-0.25, -0.2) is 0 Å². The van der Waals surface area contributed by atoms with Gasteiger partial charge in [0.05, 0.1) is 6.10 Å². The molecule has 0 aromatic heterocycles. The van der Waals surface area contributed by atoms with Gasteiger partial charge in [-0.2, -0.15) is 0 Å². The third-order valence-corrected chi connectivity index (χ3v) is 1.40. The molecule has 1 atom stereocenters. The summed E-state index contributed by atoms with van der Waals surface area (Å²) in [5.41, 5.74) is 0. The van der Waals surface area contributed by atoms with Gasteiger partial charge in [0.2, 0.25) is 6.29 Å². The number of rotatable bonds is 5. The lowest BCUT2D eigenvalue weighted by atomic mass is 10.0. The van der Waals surface area contributed by atoms with Crippen LogP contribution >= 0.6 is 0 Å². The van der Waals surface area contributed by atoms with Gasteiger partial charge in [0.25, 0.3) is 0 Å². The lowest BCUT2D eigenvalue weighted by Gasteiger charge is -2.07. The lowest BCUT2D eigenvalue weighted by molar-refractivity contribution is 0.163. The van der Waals surface area contributed by atoms with E-state index in [2.05, 4.69) is 13.8 Å². The van der Waals surface area contributed by atoms with Crippen LogP contribution in [0.3, 0.4) is 0 Å². The highest BCUT2D eigenvalue weighted by Crippen LogP contribution is 2.07. The molecular formula is C8H15O2. The Hall–Kier alpha value is -0.370. The Balaban J connectivity index is 3.20. The van der Waals surface area contributed by atoms with Crippen LogP contribution in [0.5, 0.6) is 0 Å². The number of hydrogen-bond acceptors (Lipinski definition) is 2. The van der Waals surface area contributed by atoms with E-state index < -0.39 is 6.10 Å². The number of hydrogen-bond donors (Lipinski definition) is 1. The summed E-state index contributed by atoms with van der Waals surface area (Å²) < 4.78 is 0. The average Bonchev–Trinajstić information content (AvgIpc) is 1.85. The van der Waals surface area contributed by atoms with Crippen LogP contribution in [-0.2, 0) is 4.79 Å². The third-order valence-electron chi connectivity index (χ3n) is 1.40. The molecule has 0 bridgehead atoms. The van der Waals surface area contributed by atoms with E-state index in [9.17, 15) is 4.79 Å². The average molecular weight is 143 g/mol. The van der Waals surface area contributed by atoms with Gasteiger partial charge in [-0.3, -0.25) is 4.79 Å². The van der Waals surface area contributed by atoms with Crippen molar-refractivity contribution in [1.29, 1.82) is 0 Å². The van der Waals surface area contributed by atoms with Gasteiger partial charge in [-0.05, 0) is 18.8 Å². The zero-order valence-corrected chi connectivity index (χ0v) is 6.63. The van der Waals surface area contributed by atoms with Crippen LogP contribution in [0.15, 0.2) is 0 Å². The molecule has 0 aromatic carbocycles. The molecule has 0 fully saturated rings. The molecule has 0 aromatic rings. The minimum atomic E-state index is -0.472. The van der Waals surface area contributed by atoms with Gasteiger partial charge < -0.3 is 5.11 Å². The fourth-order valence-corrected chi connectivity index (χ4v) is 0.724. The molecule has 1 N–H and O–H groups in total. The highest BCUT2D eigenvalue weighted by atomic mass is 16.3. The monoisotopic (exact) mass is 143 g/mol. The van der Waals surface area contributed by atoms with Crippen molar-refractivity contribution in [3.63, 3.8) is 0 Å². The van der Waals surface area contributed by atoms with Crippen LogP contribution in [0, 0.1) is 5.92 Å². The molecule has 0 saturated heterocycles. The fraction of sp³-hybridized carbons (Fsp3) is 0.875. The van der Waals surface area contributed by atoms with Gasteiger partial charge in [0.15, 0.2) is 0 Å². The minimum Gasteiger partial charge on any atom is -0.393 e. The van der Waals surface area contributed by atoms with Crippen LogP contribution in [0.2, 0.25) is 0 Å². The number of carbonyl (C=O) groups excluding carboxylic acids is 1. The summed E-state index contributed by atoms with van der Waals surface area (Å²) in [5, 5.41) is 9.04. The predicted molar refractivity (Wildman–Crippen MR) is 40.4 cm³/mol. The predicted octanol–water partition coefficient (Wildman–Crippen LogP) is 1.28. The standard InChI is InChI=1S/C8H15O2/c1-7(2)3-4-8(10)5-6-9/h7-8,10H,3-5H2,1-2H3. The highest BCUT2D eigenvalue weighted by molar-refractivity contribution is 5.51. The molecule has 0 heterocycles. The molecule has 0 rings (SSSR count). The quantitative estimate of drug-likeness (QED) is 0.629. The highest BCUT2D eigenvalue weighted by Gasteiger charge is 2.03. The van der Waals surface area contributed by atoms with Crippen molar-refractivity contribution in [3.05, 3.63) is 0 Å².